The van der Waals surface area contributed by atoms with Crippen LogP contribution in [0.1, 0.15) is 64.1 Å². The molecule has 1 aromatic heterocycles. The number of carbonyl (C=O) groups excluding carboxylic acids is 1. The van der Waals surface area contributed by atoms with Gasteiger partial charge in [-0.1, -0.05) is 31.2 Å². The first-order valence-corrected chi connectivity index (χ1v) is 15.2. The summed E-state index contributed by atoms with van der Waals surface area (Å²) in [4.78, 5) is 33.6. The van der Waals surface area contributed by atoms with E-state index in [1.165, 1.54) is 11.1 Å². The number of hydrogen-bond acceptors (Lipinski definition) is 6. The molecular formula is C34H44N4O4. The molecule has 2 atom stereocenters. The molecule has 1 amide bonds. The van der Waals surface area contributed by atoms with Gasteiger partial charge in [0.2, 0.25) is 0 Å². The molecule has 2 aromatic carbocycles. The van der Waals surface area contributed by atoms with Gasteiger partial charge in [-0.3, -0.25) is 14.5 Å². The first-order chi connectivity index (χ1) is 20.2. The molecule has 3 N–H and O–H groups in total. The van der Waals surface area contributed by atoms with E-state index in [1.54, 1.807) is 0 Å². The van der Waals surface area contributed by atoms with Gasteiger partial charge in [-0.05, 0) is 86.1 Å². The van der Waals surface area contributed by atoms with Crippen molar-refractivity contribution in [3.8, 4) is 11.1 Å². The number of benzene rings is 2. The van der Waals surface area contributed by atoms with Gasteiger partial charge in [-0.15, -0.1) is 0 Å². The highest BCUT2D eigenvalue weighted by atomic mass is 16.5. The highest BCUT2D eigenvalue weighted by Crippen LogP contribution is 2.43. The molecule has 3 heterocycles. The van der Waals surface area contributed by atoms with Crippen molar-refractivity contribution in [3.05, 3.63) is 85.8 Å². The summed E-state index contributed by atoms with van der Waals surface area (Å²) in [5.41, 5.74) is 8.86. The van der Waals surface area contributed by atoms with E-state index in [0.29, 0.717) is 17.7 Å². The molecule has 0 spiro atoms. The molecule has 2 aliphatic rings. The van der Waals surface area contributed by atoms with Gasteiger partial charge in [0, 0.05) is 61.1 Å². The molecule has 42 heavy (non-hydrogen) atoms. The molecule has 8 nitrogen and oxygen atoms in total. The predicted octanol–water partition coefficient (Wildman–Crippen LogP) is 4.46. The maximum atomic E-state index is 13.8. The topological polar surface area (TPSA) is 97.9 Å². The van der Waals surface area contributed by atoms with Gasteiger partial charge in [-0.25, -0.2) is 0 Å². The molecule has 1 fully saturated rings. The highest BCUT2D eigenvalue weighted by molar-refractivity contribution is 6.00. The zero-order chi connectivity index (χ0) is 30.0. The number of aliphatic hydroxyl groups excluding tert-OH is 1. The molecule has 2 aliphatic heterocycles. The van der Waals surface area contributed by atoms with Crippen molar-refractivity contribution in [1.82, 2.24) is 15.2 Å². The molecule has 0 saturated carbocycles. The number of carbonyl (C=O) groups is 1. The Morgan fingerprint density at radius 1 is 1.10 bits per heavy atom. The van der Waals surface area contributed by atoms with Crippen LogP contribution < -0.4 is 15.8 Å². The smallest absolute Gasteiger partial charge is 0.253 e. The molecule has 0 bridgehead atoms. The third-order valence-electron chi connectivity index (χ3n) is 8.96. The van der Waals surface area contributed by atoms with Gasteiger partial charge in [0.05, 0.1) is 13.2 Å². The maximum absolute atomic E-state index is 13.8. The van der Waals surface area contributed by atoms with E-state index < -0.39 is 6.23 Å². The zero-order valence-electron chi connectivity index (χ0n) is 25.5. The number of anilines is 1. The Balaban J connectivity index is 1.53. The van der Waals surface area contributed by atoms with Crippen LogP contribution in [0.25, 0.3) is 11.1 Å². The predicted molar refractivity (Wildman–Crippen MR) is 167 cm³/mol. The molecule has 8 heteroatoms. The fraction of sp³-hybridized carbons (Fsp3) is 0.471. The molecule has 1 saturated heterocycles. The lowest BCUT2D eigenvalue weighted by Crippen LogP contribution is -2.46. The minimum atomic E-state index is -0.609. The summed E-state index contributed by atoms with van der Waals surface area (Å²) >= 11 is 0. The van der Waals surface area contributed by atoms with E-state index in [-0.39, 0.29) is 23.9 Å². The highest BCUT2D eigenvalue weighted by Gasteiger charge is 2.35. The number of aliphatic hydroxyl groups is 1. The lowest BCUT2D eigenvalue weighted by molar-refractivity contribution is 0.0342. The Bertz CT molecular complexity index is 1490. The van der Waals surface area contributed by atoms with Crippen LogP contribution in [0.2, 0.25) is 0 Å². The summed E-state index contributed by atoms with van der Waals surface area (Å²) in [6.45, 7) is 14.9. The number of aromatic amines is 1. The van der Waals surface area contributed by atoms with Crippen molar-refractivity contribution in [3.63, 3.8) is 0 Å². The third-order valence-corrected chi connectivity index (χ3v) is 8.96. The number of pyridine rings is 1. The summed E-state index contributed by atoms with van der Waals surface area (Å²) in [5, 5.41) is 14.3. The standard InChI is InChI=1S/C34H44N4O4/c1-6-25-17-29-28(26-10-8-24(9-11-26)20-37-12-14-42-15-13-37)18-27(23(5)31(29)38(7-2)34(25)41)32(39)35-19-30-21(3)16-22(4)36-33(30)40/h8-11,16,18,25,34,41H,6-7,12-15,17,19-20H2,1-5H3,(H,35,39)(H,36,40). The Morgan fingerprint density at radius 3 is 2.45 bits per heavy atom. The van der Waals surface area contributed by atoms with Crippen LogP contribution in [0, 0.1) is 26.7 Å². The quantitative estimate of drug-likeness (QED) is 0.369. The molecule has 2 unspecified atom stereocenters. The maximum Gasteiger partial charge on any atom is 0.253 e. The lowest BCUT2D eigenvalue weighted by atomic mass is 9.81. The monoisotopic (exact) mass is 572 g/mol. The van der Waals surface area contributed by atoms with Crippen molar-refractivity contribution >= 4 is 11.6 Å². The largest absolute Gasteiger partial charge is 0.379 e. The Labute approximate surface area is 248 Å². The lowest BCUT2D eigenvalue weighted by Gasteiger charge is -2.42. The molecule has 5 rings (SSSR count). The van der Waals surface area contributed by atoms with Crippen LogP contribution in [0.4, 0.5) is 5.69 Å². The molecule has 224 valence electrons. The zero-order valence-corrected chi connectivity index (χ0v) is 25.5. The first kappa shape index (κ1) is 30.0. The summed E-state index contributed by atoms with van der Waals surface area (Å²) in [6, 6.07) is 12.6. The number of aromatic nitrogens is 1. The van der Waals surface area contributed by atoms with Crippen LogP contribution in [0.3, 0.4) is 0 Å². The van der Waals surface area contributed by atoms with E-state index >= 15 is 0 Å². The van der Waals surface area contributed by atoms with Crippen LogP contribution in [-0.2, 0) is 24.2 Å². The summed E-state index contributed by atoms with van der Waals surface area (Å²) in [6.07, 6.45) is 0.998. The normalized spacial score (nSPS) is 19.0. The Kier molecular flexibility index (Phi) is 9.16. The van der Waals surface area contributed by atoms with Crippen molar-refractivity contribution < 1.29 is 14.6 Å². The van der Waals surface area contributed by atoms with Crippen molar-refractivity contribution in [1.29, 1.82) is 0 Å². The summed E-state index contributed by atoms with van der Waals surface area (Å²) < 4.78 is 5.50. The van der Waals surface area contributed by atoms with E-state index in [2.05, 4.69) is 46.4 Å². The minimum absolute atomic E-state index is 0.104. The number of aryl methyl sites for hydroxylation is 2. The van der Waals surface area contributed by atoms with Crippen LogP contribution >= 0.6 is 0 Å². The number of hydrogen-bond donors (Lipinski definition) is 3. The van der Waals surface area contributed by atoms with Gasteiger partial charge in [0.15, 0.2) is 0 Å². The van der Waals surface area contributed by atoms with E-state index in [0.717, 1.165) is 79.3 Å². The fourth-order valence-corrected chi connectivity index (χ4v) is 6.54. The Morgan fingerprint density at radius 2 is 1.81 bits per heavy atom. The molecular weight excluding hydrogens is 528 g/mol. The number of rotatable bonds is 8. The molecule has 0 radical (unpaired) electrons. The average Bonchev–Trinajstić information content (AvgIpc) is 2.97. The number of amides is 1. The van der Waals surface area contributed by atoms with Gasteiger partial charge in [0.1, 0.15) is 6.23 Å². The van der Waals surface area contributed by atoms with Gasteiger partial charge in [-0.2, -0.15) is 0 Å². The van der Waals surface area contributed by atoms with Gasteiger partial charge in [0.25, 0.3) is 11.5 Å². The second-order valence-electron chi connectivity index (χ2n) is 11.7. The SMILES string of the molecule is CCC1Cc2c(-c3ccc(CN4CCOCC4)cc3)cc(C(=O)NCc3c(C)cc(C)[nH]c3=O)c(C)c2N(CC)C1O. The third kappa shape index (κ3) is 6.02. The number of nitrogens with zero attached hydrogens (tertiary/aromatic N) is 2. The second-order valence-corrected chi connectivity index (χ2v) is 11.7. The van der Waals surface area contributed by atoms with Crippen LogP contribution in [-0.4, -0.2) is 60.0 Å². The van der Waals surface area contributed by atoms with Crippen molar-refractivity contribution in [2.75, 3.05) is 37.7 Å². The van der Waals surface area contributed by atoms with Gasteiger partial charge < -0.3 is 25.0 Å². The number of fused-ring (bicyclic) bond motifs is 1. The average molecular weight is 573 g/mol. The fourth-order valence-electron chi connectivity index (χ4n) is 6.54. The van der Waals surface area contributed by atoms with Gasteiger partial charge >= 0.3 is 0 Å². The van der Waals surface area contributed by atoms with Crippen LogP contribution in [0.5, 0.6) is 0 Å². The summed E-state index contributed by atoms with van der Waals surface area (Å²) in [7, 11) is 0. The van der Waals surface area contributed by atoms with E-state index in [4.69, 9.17) is 4.74 Å². The van der Waals surface area contributed by atoms with E-state index in [9.17, 15) is 14.7 Å². The second kappa shape index (κ2) is 12.8. The summed E-state index contributed by atoms with van der Waals surface area (Å²) in [5.74, 6) is -0.130. The van der Waals surface area contributed by atoms with Crippen molar-refractivity contribution in [2.24, 2.45) is 5.92 Å². The first-order valence-electron chi connectivity index (χ1n) is 15.2. The minimum Gasteiger partial charge on any atom is -0.379 e. The molecule has 3 aromatic rings. The van der Waals surface area contributed by atoms with Crippen molar-refractivity contribution in [2.45, 2.75) is 66.8 Å². The number of ether oxygens (including phenoxy) is 1. The van der Waals surface area contributed by atoms with Crippen LogP contribution in [0.15, 0.2) is 41.2 Å². The molecule has 0 aliphatic carbocycles. The Hall–Kier alpha value is -3.46. The van der Waals surface area contributed by atoms with E-state index in [1.807, 2.05) is 44.7 Å². The number of H-pyrrole nitrogens is 1. The number of morpholine rings is 1. The number of nitrogens with one attached hydrogen (secondary N) is 2.